The van der Waals surface area contributed by atoms with Gasteiger partial charge in [0, 0.05) is 41.9 Å². The van der Waals surface area contributed by atoms with E-state index in [4.69, 9.17) is 32.9 Å². The van der Waals surface area contributed by atoms with Gasteiger partial charge in [0.25, 0.3) is 0 Å². The van der Waals surface area contributed by atoms with Crippen molar-refractivity contribution in [3.63, 3.8) is 0 Å². The molecule has 0 N–H and O–H groups in total. The number of piperazine rings is 1. The fourth-order valence-electron chi connectivity index (χ4n) is 5.96. The van der Waals surface area contributed by atoms with Gasteiger partial charge in [-0.15, -0.1) is 0 Å². The normalized spacial score (nSPS) is 18.5. The van der Waals surface area contributed by atoms with Gasteiger partial charge in [0.05, 0.1) is 23.8 Å². The smallest absolute Gasteiger partial charge is 0.416 e. The molecule has 1 fully saturated rings. The van der Waals surface area contributed by atoms with Gasteiger partial charge in [-0.2, -0.15) is 13.2 Å². The van der Waals surface area contributed by atoms with Gasteiger partial charge < -0.3 is 14.5 Å². The average Bonchev–Trinajstić information content (AvgIpc) is 3.45. The quantitative estimate of drug-likeness (QED) is 0.207. The van der Waals surface area contributed by atoms with Crippen LogP contribution < -0.4 is 9.64 Å². The monoisotopic (exact) mass is 666 g/mol. The maximum absolute atomic E-state index is 14.7. The molecule has 46 heavy (non-hydrogen) atoms. The average molecular weight is 668 g/mol. The number of amides is 2. The molecule has 0 spiro atoms. The first kappa shape index (κ1) is 31.8. The van der Waals surface area contributed by atoms with Gasteiger partial charge in [-0.3, -0.25) is 9.89 Å². The zero-order valence-corrected chi connectivity index (χ0v) is 26.4. The number of hydrogen-bond donors (Lipinski definition) is 0. The SMILES string of the molecule is CCOc1cc(C(F)(F)F)ccc1C1=NC(c2ccc(Cl)cc2)C(c2ccc(Cl)cc2)N1C(=O)N1CCN(c2ccccc2)CC1. The van der Waals surface area contributed by atoms with Crippen LogP contribution in [0.2, 0.25) is 10.0 Å². The number of carbonyl (C=O) groups excluding carboxylic acids is 1. The molecule has 2 heterocycles. The number of amidine groups is 1. The molecule has 2 unspecified atom stereocenters. The third-order valence-corrected chi connectivity index (χ3v) is 8.72. The lowest BCUT2D eigenvalue weighted by atomic mass is 9.93. The lowest BCUT2D eigenvalue weighted by Gasteiger charge is -2.40. The number of hydrogen-bond acceptors (Lipinski definition) is 4. The van der Waals surface area contributed by atoms with Crippen molar-refractivity contribution in [2.75, 3.05) is 37.7 Å². The molecule has 238 valence electrons. The van der Waals surface area contributed by atoms with E-state index in [1.807, 2.05) is 54.6 Å². The number of anilines is 1. The second-order valence-electron chi connectivity index (χ2n) is 11.0. The maximum Gasteiger partial charge on any atom is 0.416 e. The van der Waals surface area contributed by atoms with E-state index in [2.05, 4.69) is 4.90 Å². The molecule has 2 aliphatic heterocycles. The number of nitrogens with zero attached hydrogens (tertiary/aromatic N) is 4. The van der Waals surface area contributed by atoms with Crippen LogP contribution in [0.5, 0.6) is 5.75 Å². The van der Waals surface area contributed by atoms with Crippen molar-refractivity contribution in [3.8, 4) is 5.75 Å². The van der Waals surface area contributed by atoms with Crippen LogP contribution in [0.25, 0.3) is 0 Å². The van der Waals surface area contributed by atoms with Gasteiger partial charge in [0.15, 0.2) is 0 Å². The third kappa shape index (κ3) is 6.52. The fourth-order valence-corrected chi connectivity index (χ4v) is 6.21. The number of benzene rings is 4. The van der Waals surface area contributed by atoms with Crippen LogP contribution >= 0.6 is 23.2 Å². The number of alkyl halides is 3. The standard InChI is InChI=1S/C35H31Cl2F3N4O2/c1-2-46-30-22-25(35(38,39)40)12-17-29(30)33-41-31(23-8-13-26(36)14-9-23)32(24-10-15-27(37)16-11-24)44(33)34(45)43-20-18-42(19-21-43)28-6-4-3-5-7-28/h3-17,22,31-32H,2,18-21H2,1H3. The predicted molar refractivity (Wildman–Crippen MR) is 175 cm³/mol. The van der Waals surface area contributed by atoms with Crippen LogP contribution in [0.15, 0.2) is 102 Å². The number of carbonyl (C=O) groups is 1. The predicted octanol–water partition coefficient (Wildman–Crippen LogP) is 8.90. The number of para-hydroxylation sites is 1. The van der Waals surface area contributed by atoms with Crippen LogP contribution in [0.3, 0.4) is 0 Å². The Kier molecular flexibility index (Phi) is 9.15. The van der Waals surface area contributed by atoms with Gasteiger partial charge in [-0.25, -0.2) is 4.79 Å². The molecular formula is C35H31Cl2F3N4O2. The minimum Gasteiger partial charge on any atom is -0.493 e. The van der Waals surface area contributed by atoms with E-state index in [1.165, 1.54) is 6.07 Å². The van der Waals surface area contributed by atoms with Crippen molar-refractivity contribution >= 4 is 40.8 Å². The van der Waals surface area contributed by atoms with E-state index >= 15 is 0 Å². The van der Waals surface area contributed by atoms with Gasteiger partial charge in [0.1, 0.15) is 17.6 Å². The zero-order valence-electron chi connectivity index (χ0n) is 24.9. The molecule has 0 aromatic heterocycles. The first-order valence-electron chi connectivity index (χ1n) is 15.0. The van der Waals surface area contributed by atoms with Crippen molar-refractivity contribution in [2.24, 2.45) is 4.99 Å². The van der Waals surface area contributed by atoms with Gasteiger partial charge in [0.2, 0.25) is 0 Å². The summed E-state index contributed by atoms with van der Waals surface area (Å²) in [6.45, 7) is 3.95. The second-order valence-corrected chi connectivity index (χ2v) is 11.9. The van der Waals surface area contributed by atoms with E-state index in [0.717, 1.165) is 28.9 Å². The van der Waals surface area contributed by atoms with Crippen molar-refractivity contribution in [3.05, 3.63) is 129 Å². The summed E-state index contributed by atoms with van der Waals surface area (Å²) in [5, 5.41) is 1.07. The zero-order chi connectivity index (χ0) is 32.4. The minimum absolute atomic E-state index is 0.00520. The topological polar surface area (TPSA) is 48.4 Å². The molecule has 4 aromatic rings. The fraction of sp³-hybridized carbons (Fsp3) is 0.257. The van der Waals surface area contributed by atoms with E-state index in [-0.39, 0.29) is 24.2 Å². The first-order valence-corrected chi connectivity index (χ1v) is 15.7. The van der Waals surface area contributed by atoms with Crippen molar-refractivity contribution < 1.29 is 22.7 Å². The molecule has 6 rings (SSSR count). The molecular weight excluding hydrogens is 636 g/mol. The Balaban J connectivity index is 1.45. The molecule has 0 radical (unpaired) electrons. The molecule has 11 heteroatoms. The number of rotatable bonds is 6. The lowest BCUT2D eigenvalue weighted by molar-refractivity contribution is -0.137. The number of halogens is 5. The Bertz CT molecular complexity index is 1710. The Labute approximate surface area is 275 Å². The minimum atomic E-state index is -4.58. The van der Waals surface area contributed by atoms with E-state index in [0.29, 0.717) is 41.8 Å². The molecule has 0 bridgehead atoms. The summed E-state index contributed by atoms with van der Waals surface area (Å²) in [5.41, 5.74) is 2.07. The van der Waals surface area contributed by atoms with Crippen molar-refractivity contribution in [2.45, 2.75) is 25.2 Å². The molecule has 0 aliphatic carbocycles. The molecule has 2 amide bonds. The summed E-state index contributed by atoms with van der Waals surface area (Å²) in [6.07, 6.45) is -4.58. The van der Waals surface area contributed by atoms with Crippen LogP contribution in [0, 0.1) is 0 Å². The third-order valence-electron chi connectivity index (χ3n) is 8.22. The van der Waals surface area contributed by atoms with Crippen LogP contribution in [0.1, 0.15) is 41.3 Å². The van der Waals surface area contributed by atoms with Crippen LogP contribution in [0.4, 0.5) is 23.7 Å². The molecule has 2 aliphatic rings. The Morgan fingerprint density at radius 1 is 0.848 bits per heavy atom. The summed E-state index contributed by atoms with van der Waals surface area (Å²) >= 11 is 12.5. The highest BCUT2D eigenvalue weighted by Gasteiger charge is 2.45. The van der Waals surface area contributed by atoms with E-state index in [9.17, 15) is 18.0 Å². The number of aliphatic imine (C=N–C) groups is 1. The maximum atomic E-state index is 14.7. The van der Waals surface area contributed by atoms with E-state index in [1.54, 1.807) is 41.0 Å². The molecule has 2 atom stereocenters. The highest BCUT2D eigenvalue weighted by Crippen LogP contribution is 2.46. The summed E-state index contributed by atoms with van der Waals surface area (Å²) in [7, 11) is 0. The number of urea groups is 1. The largest absolute Gasteiger partial charge is 0.493 e. The molecule has 6 nitrogen and oxygen atoms in total. The Morgan fingerprint density at radius 2 is 1.46 bits per heavy atom. The summed E-state index contributed by atoms with van der Waals surface area (Å²) in [5.74, 6) is 0.224. The van der Waals surface area contributed by atoms with Gasteiger partial charge in [-0.1, -0.05) is 65.7 Å². The summed E-state index contributed by atoms with van der Waals surface area (Å²) < 4.78 is 47.1. The summed E-state index contributed by atoms with van der Waals surface area (Å²) in [6, 6.07) is 26.1. The Hall–Kier alpha value is -4.21. The number of ether oxygens (including phenoxy) is 1. The van der Waals surface area contributed by atoms with Gasteiger partial charge >= 0.3 is 12.2 Å². The Morgan fingerprint density at radius 3 is 2.04 bits per heavy atom. The molecule has 4 aromatic carbocycles. The van der Waals surface area contributed by atoms with Crippen molar-refractivity contribution in [1.82, 2.24) is 9.80 Å². The molecule has 1 saturated heterocycles. The second kappa shape index (κ2) is 13.3. The van der Waals surface area contributed by atoms with E-state index < -0.39 is 23.8 Å². The van der Waals surface area contributed by atoms with Crippen molar-refractivity contribution in [1.29, 1.82) is 0 Å². The summed E-state index contributed by atoms with van der Waals surface area (Å²) in [4.78, 5) is 25.4. The lowest BCUT2D eigenvalue weighted by Crippen LogP contribution is -2.54. The highest BCUT2D eigenvalue weighted by molar-refractivity contribution is 6.30. The molecule has 0 saturated carbocycles. The highest BCUT2D eigenvalue weighted by atomic mass is 35.5. The van der Waals surface area contributed by atoms with Crippen LogP contribution in [-0.4, -0.2) is 54.5 Å². The van der Waals surface area contributed by atoms with Crippen LogP contribution in [-0.2, 0) is 6.18 Å². The first-order chi connectivity index (χ1) is 22.1. The van der Waals surface area contributed by atoms with Gasteiger partial charge in [-0.05, 0) is 72.6 Å².